The maximum Gasteiger partial charge on any atom is 0.189 e. The van der Waals surface area contributed by atoms with Crippen molar-refractivity contribution in [1.29, 1.82) is 0 Å². The van der Waals surface area contributed by atoms with Crippen LogP contribution in [0.1, 0.15) is 12.6 Å². The number of nitrogens with one attached hydrogen (secondary N) is 1. The van der Waals surface area contributed by atoms with Crippen LogP contribution in [0.15, 0.2) is 35.5 Å². The van der Waals surface area contributed by atoms with E-state index in [0.29, 0.717) is 6.61 Å². The van der Waals surface area contributed by atoms with Gasteiger partial charge in [0.2, 0.25) is 0 Å². The van der Waals surface area contributed by atoms with E-state index in [1.165, 1.54) is 11.8 Å². The summed E-state index contributed by atoms with van der Waals surface area (Å²) < 4.78 is 5.41. The predicted octanol–water partition coefficient (Wildman–Crippen LogP) is 3.65. The maximum atomic E-state index is 5.41. The number of aromatic nitrogens is 2. The minimum Gasteiger partial charge on any atom is -0.494 e. The number of benzene rings is 1. The number of rotatable bonds is 5. The number of hydrogen-bond acceptors (Lipinski definition) is 5. The van der Waals surface area contributed by atoms with Gasteiger partial charge in [-0.3, -0.25) is 0 Å². The van der Waals surface area contributed by atoms with E-state index in [9.17, 15) is 0 Å². The summed E-state index contributed by atoms with van der Waals surface area (Å²) in [5, 5.41) is 4.04. The molecule has 4 nitrogen and oxygen atoms in total. The van der Waals surface area contributed by atoms with Crippen LogP contribution in [0.25, 0.3) is 0 Å². The van der Waals surface area contributed by atoms with Gasteiger partial charge in [0.25, 0.3) is 0 Å². The summed E-state index contributed by atoms with van der Waals surface area (Å²) in [6.07, 6.45) is 1.97. The quantitative estimate of drug-likeness (QED) is 0.666. The van der Waals surface area contributed by atoms with Gasteiger partial charge in [-0.05, 0) is 44.4 Å². The first-order chi connectivity index (χ1) is 9.21. The first-order valence-electron chi connectivity index (χ1n) is 6.11. The summed E-state index contributed by atoms with van der Waals surface area (Å²) in [6, 6.07) is 9.75. The van der Waals surface area contributed by atoms with Crippen LogP contribution in [-0.2, 0) is 0 Å². The smallest absolute Gasteiger partial charge is 0.189 e. The number of nitrogens with zero attached hydrogens (tertiary/aromatic N) is 2. The average molecular weight is 275 g/mol. The van der Waals surface area contributed by atoms with Gasteiger partial charge in [0.05, 0.1) is 6.61 Å². The van der Waals surface area contributed by atoms with E-state index in [1.807, 2.05) is 50.4 Å². The second-order valence-electron chi connectivity index (χ2n) is 3.96. The molecule has 5 heteroatoms. The van der Waals surface area contributed by atoms with Crippen molar-refractivity contribution in [2.45, 2.75) is 19.0 Å². The number of anilines is 2. The molecule has 0 saturated heterocycles. The lowest BCUT2D eigenvalue weighted by molar-refractivity contribution is 0.340. The van der Waals surface area contributed by atoms with Crippen LogP contribution in [-0.4, -0.2) is 22.8 Å². The van der Waals surface area contributed by atoms with Crippen molar-refractivity contribution in [1.82, 2.24) is 9.97 Å². The molecule has 100 valence electrons. The SMILES string of the molecule is CCOc1ccc(Nc2cc(C)nc(SC)n2)cc1. The minimum absolute atomic E-state index is 0.676. The second-order valence-corrected chi connectivity index (χ2v) is 4.74. The lowest BCUT2D eigenvalue weighted by Crippen LogP contribution is -1.98. The van der Waals surface area contributed by atoms with E-state index < -0.39 is 0 Å². The highest BCUT2D eigenvalue weighted by molar-refractivity contribution is 7.98. The van der Waals surface area contributed by atoms with E-state index in [0.717, 1.165) is 28.1 Å². The van der Waals surface area contributed by atoms with Crippen molar-refractivity contribution >= 4 is 23.3 Å². The van der Waals surface area contributed by atoms with E-state index in [1.54, 1.807) is 0 Å². The molecular weight excluding hydrogens is 258 g/mol. The summed E-state index contributed by atoms with van der Waals surface area (Å²) in [5.41, 5.74) is 1.93. The molecule has 0 aliphatic rings. The highest BCUT2D eigenvalue weighted by Crippen LogP contribution is 2.20. The van der Waals surface area contributed by atoms with Gasteiger partial charge in [0, 0.05) is 17.4 Å². The van der Waals surface area contributed by atoms with Crippen molar-refractivity contribution in [3.8, 4) is 5.75 Å². The van der Waals surface area contributed by atoms with Gasteiger partial charge in [0.1, 0.15) is 11.6 Å². The lowest BCUT2D eigenvalue weighted by Gasteiger charge is -2.08. The molecule has 0 unspecified atom stereocenters. The Morgan fingerprint density at radius 1 is 1.21 bits per heavy atom. The fraction of sp³-hybridized carbons (Fsp3) is 0.286. The van der Waals surface area contributed by atoms with E-state index in [4.69, 9.17) is 4.74 Å². The largest absolute Gasteiger partial charge is 0.494 e. The summed E-state index contributed by atoms with van der Waals surface area (Å²) in [6.45, 7) is 4.61. The molecule has 0 amide bonds. The third-order valence-electron chi connectivity index (χ3n) is 2.45. The average Bonchev–Trinajstić information content (AvgIpc) is 2.40. The Kier molecular flexibility index (Phi) is 4.63. The molecule has 1 heterocycles. The summed E-state index contributed by atoms with van der Waals surface area (Å²) in [5.74, 6) is 1.68. The topological polar surface area (TPSA) is 47.0 Å². The Morgan fingerprint density at radius 2 is 1.95 bits per heavy atom. The van der Waals surface area contributed by atoms with Crippen molar-refractivity contribution in [3.63, 3.8) is 0 Å². The summed E-state index contributed by atoms with van der Waals surface area (Å²) in [4.78, 5) is 8.74. The van der Waals surface area contributed by atoms with Crippen molar-refractivity contribution in [3.05, 3.63) is 36.0 Å². The van der Waals surface area contributed by atoms with Crippen LogP contribution in [0.2, 0.25) is 0 Å². The van der Waals surface area contributed by atoms with E-state index in [2.05, 4.69) is 15.3 Å². The standard InChI is InChI=1S/C14H17N3OS/c1-4-18-12-7-5-11(6-8-12)16-13-9-10(2)15-14(17-13)19-3/h5-9H,4H2,1-3H3,(H,15,16,17). The summed E-state index contributed by atoms with van der Waals surface area (Å²) in [7, 11) is 0. The van der Waals surface area contributed by atoms with Gasteiger partial charge in [-0.2, -0.15) is 0 Å². The zero-order valence-corrected chi connectivity index (χ0v) is 12.1. The molecule has 0 fully saturated rings. The molecule has 1 N–H and O–H groups in total. The third-order valence-corrected chi connectivity index (χ3v) is 3.00. The Morgan fingerprint density at radius 3 is 2.58 bits per heavy atom. The maximum absolute atomic E-state index is 5.41. The van der Waals surface area contributed by atoms with Crippen LogP contribution >= 0.6 is 11.8 Å². The number of ether oxygens (including phenoxy) is 1. The highest BCUT2D eigenvalue weighted by atomic mass is 32.2. The Bertz CT molecular complexity index is 543. The van der Waals surface area contributed by atoms with Gasteiger partial charge in [-0.25, -0.2) is 9.97 Å². The van der Waals surface area contributed by atoms with Crippen LogP contribution in [0, 0.1) is 6.92 Å². The fourth-order valence-electron chi connectivity index (χ4n) is 1.65. The molecule has 0 aliphatic carbocycles. The molecule has 0 bridgehead atoms. The highest BCUT2D eigenvalue weighted by Gasteiger charge is 2.02. The van der Waals surface area contributed by atoms with Crippen LogP contribution in [0.3, 0.4) is 0 Å². The monoisotopic (exact) mass is 275 g/mol. The second kappa shape index (κ2) is 6.43. The van der Waals surface area contributed by atoms with Crippen LogP contribution < -0.4 is 10.1 Å². The zero-order valence-electron chi connectivity index (χ0n) is 11.3. The van der Waals surface area contributed by atoms with E-state index in [-0.39, 0.29) is 0 Å². The molecule has 1 aromatic carbocycles. The number of aryl methyl sites for hydroxylation is 1. The normalized spacial score (nSPS) is 10.3. The number of hydrogen-bond donors (Lipinski definition) is 1. The molecule has 0 spiro atoms. The first kappa shape index (κ1) is 13.7. The molecule has 0 aliphatic heterocycles. The molecule has 0 radical (unpaired) electrons. The van der Waals surface area contributed by atoms with Crippen LogP contribution in [0.5, 0.6) is 5.75 Å². The Balaban J connectivity index is 2.14. The minimum atomic E-state index is 0.676. The van der Waals surface area contributed by atoms with Crippen molar-refractivity contribution in [2.75, 3.05) is 18.2 Å². The van der Waals surface area contributed by atoms with Crippen molar-refractivity contribution < 1.29 is 4.74 Å². The number of thioether (sulfide) groups is 1. The molecule has 0 saturated carbocycles. The lowest BCUT2D eigenvalue weighted by atomic mass is 10.3. The predicted molar refractivity (Wildman–Crippen MR) is 79.4 cm³/mol. The summed E-state index contributed by atoms with van der Waals surface area (Å²) >= 11 is 1.53. The molecule has 19 heavy (non-hydrogen) atoms. The van der Waals surface area contributed by atoms with Gasteiger partial charge in [0.15, 0.2) is 5.16 Å². The van der Waals surface area contributed by atoms with Gasteiger partial charge >= 0.3 is 0 Å². The van der Waals surface area contributed by atoms with E-state index >= 15 is 0 Å². The van der Waals surface area contributed by atoms with Gasteiger partial charge in [-0.1, -0.05) is 11.8 Å². The molecule has 2 aromatic rings. The Hall–Kier alpha value is -1.75. The zero-order chi connectivity index (χ0) is 13.7. The third kappa shape index (κ3) is 3.86. The fourth-order valence-corrected chi connectivity index (χ4v) is 2.07. The van der Waals surface area contributed by atoms with Crippen molar-refractivity contribution in [2.24, 2.45) is 0 Å². The first-order valence-corrected chi connectivity index (χ1v) is 7.33. The molecule has 0 atom stereocenters. The Labute approximate surface area is 117 Å². The van der Waals surface area contributed by atoms with Crippen LogP contribution in [0.4, 0.5) is 11.5 Å². The van der Waals surface area contributed by atoms with Gasteiger partial charge in [-0.15, -0.1) is 0 Å². The molecule has 2 rings (SSSR count). The molecular formula is C14H17N3OS. The van der Waals surface area contributed by atoms with Gasteiger partial charge < -0.3 is 10.1 Å². The molecule has 1 aromatic heterocycles.